The topological polar surface area (TPSA) is 314 Å². The van der Waals surface area contributed by atoms with E-state index < -0.39 is 127 Å². The number of unbranched alkanes of at least 4 members (excludes halogenated alkanes) is 3. The number of ether oxygens (including phenoxy) is 2. The molecule has 11 rings (SSSR count). The Bertz CT molecular complexity index is 4900. The molecule has 0 saturated heterocycles. The predicted octanol–water partition coefficient (Wildman–Crippen LogP) is 14.4. The summed E-state index contributed by atoms with van der Waals surface area (Å²) in [7, 11) is 0. The normalized spacial score (nSPS) is 12.1. The monoisotopic (exact) mass is 1730 g/mol. The molecule has 0 fully saturated rings. The number of ketones is 3. The maximum Gasteiger partial charge on any atom is 0.417 e. The number of carbonyl (C=O) groups excluding carboxylic acids is 7. The molecule has 33 heteroatoms. The SMILES string of the molecule is NCCCC[C@H](NC(=O)c1ccccc1C(F)(F)F)C(=O)c1nc2ccccc2s1.N[I-]C[C@@H](CCCCNC(=O)OCc1ccccc1)C(=O)c1nc2ccccc2s1.O=C(NCCCC[C@H](NC(=O)c1ccccc1C(F)(F)F)C(=O)c1nc2ccccc2s1)OCc1ccccc1.O=C(O)c1ccccc1C(F)(F)F. The number of alkyl halides is 10. The number of aromatic nitrogens is 3. The number of nitrogens with zero attached hydrogens (tertiary/aromatic N) is 3. The third kappa shape index (κ3) is 27.4. The van der Waals surface area contributed by atoms with Gasteiger partial charge in [-0.05, 0) is 111 Å². The largest absolute Gasteiger partial charge is 0.478 e. The Kier molecular flexibility index (Phi) is 33.8. The Labute approximate surface area is 664 Å². The van der Waals surface area contributed by atoms with E-state index in [1.807, 2.05) is 97.1 Å². The van der Waals surface area contributed by atoms with Crippen molar-refractivity contribution >= 4 is 112 Å². The van der Waals surface area contributed by atoms with Crippen LogP contribution in [0.3, 0.4) is 0 Å². The standard InChI is InChI=1S/C29H26F3N3O4S.C22H25IN3O3S.C21H20F3N3O2S.C8H5F3O2/c30-29(31,32)21-13-5-4-12-20(21)26(37)34-23(25(36)27-35-22-14-6-7-16-24(22)40-27)15-8-9-17-33-28(38)39-18-19-10-2-1-3-11-19;24-23-14-17(20(27)21-26-18-11-4-5-12-19(18)30-21)10-6-7-13-25-22(28)29-15-16-8-2-1-3-9-16;22-21(23,24)14-8-2-1-7-13(14)19(29)26-16(10-5-6-12-25)18(28)20-27-15-9-3-4-11-17(15)30-20;9-8(10,11)6-4-2-1-3-5(6)7(12)13/h1-7,10-14,16,23H,8-9,15,17-18H2,(H,33,38)(H,34,37);1-5,8-9,11-12,17H,6-7,10,13-15,24H2,(H,25,28);1-4,7-9,11,16H,5-6,10,12,25H2,(H,26,29);1-4H,(H,12,13)/q;-1;;/t23-;17-;16-;/m010./s1. The molecular formula is C80H76F9IN9O11S3-. The van der Waals surface area contributed by atoms with Crippen molar-refractivity contribution in [2.75, 3.05) is 24.1 Å². The Morgan fingerprint density at radius 3 is 1.10 bits per heavy atom. The fourth-order valence-corrected chi connectivity index (χ4v) is 15.3. The van der Waals surface area contributed by atoms with Crippen molar-refractivity contribution in [3.63, 3.8) is 0 Å². The first-order valence-electron chi connectivity index (χ1n) is 35.0. The zero-order valence-corrected chi connectivity index (χ0v) is 64.6. The van der Waals surface area contributed by atoms with E-state index in [0.29, 0.717) is 54.8 Å². The molecule has 3 atom stereocenters. The second-order valence-corrected chi connectivity index (χ2v) is 29.7. The van der Waals surface area contributed by atoms with E-state index in [0.717, 1.165) is 108 Å². The molecule has 4 amide bonds. The van der Waals surface area contributed by atoms with Crippen molar-refractivity contribution in [2.45, 2.75) is 102 Å². The number of aromatic carboxylic acids is 1. The first-order valence-corrected chi connectivity index (χ1v) is 40.2. The number of carboxylic acid groups (broad SMARTS) is 1. The summed E-state index contributed by atoms with van der Waals surface area (Å²) in [4.78, 5) is 112. The molecule has 3 heterocycles. The Morgan fingerprint density at radius 1 is 0.416 bits per heavy atom. The van der Waals surface area contributed by atoms with Crippen LogP contribution in [0, 0.1) is 5.92 Å². The van der Waals surface area contributed by atoms with Crippen molar-refractivity contribution in [1.82, 2.24) is 36.2 Å². The van der Waals surface area contributed by atoms with E-state index in [4.69, 9.17) is 24.3 Å². The van der Waals surface area contributed by atoms with Crippen LogP contribution in [-0.4, -0.2) is 104 Å². The molecule has 0 aliphatic carbocycles. The summed E-state index contributed by atoms with van der Waals surface area (Å²) in [5, 5.41) is 19.7. The van der Waals surface area contributed by atoms with Gasteiger partial charge in [-0.1, -0.05) is 109 Å². The molecule has 20 nitrogen and oxygen atoms in total. The van der Waals surface area contributed by atoms with Crippen LogP contribution in [-0.2, 0) is 41.2 Å². The number of hydrogen-bond acceptors (Lipinski definition) is 18. The number of carbonyl (C=O) groups is 8. The van der Waals surface area contributed by atoms with E-state index in [2.05, 4.69) is 36.2 Å². The van der Waals surface area contributed by atoms with Crippen LogP contribution in [0.1, 0.15) is 146 Å². The zero-order chi connectivity index (χ0) is 81.5. The Morgan fingerprint density at radius 2 is 0.743 bits per heavy atom. The number of Topliss-reactive ketones (excluding diaryl/α,β-unsaturated/α-hetero) is 3. The number of alkyl carbamates (subject to hydrolysis) is 2. The first kappa shape index (κ1) is 88.0. The fraction of sp³-hybridized carbons (Fsp3) is 0.263. The number of rotatable bonds is 31. The number of fused-ring (bicyclic) bond motifs is 3. The van der Waals surface area contributed by atoms with Crippen LogP contribution in [0.5, 0.6) is 0 Å². The van der Waals surface area contributed by atoms with E-state index in [-0.39, 0.29) is 54.3 Å². The predicted molar refractivity (Wildman–Crippen MR) is 408 cm³/mol. The summed E-state index contributed by atoms with van der Waals surface area (Å²) in [6.45, 7) is 1.56. The van der Waals surface area contributed by atoms with Crippen molar-refractivity contribution in [3.05, 3.63) is 266 Å². The molecule has 0 radical (unpaired) electrons. The van der Waals surface area contributed by atoms with Gasteiger partial charge in [-0.25, -0.2) is 19.6 Å². The van der Waals surface area contributed by atoms with Gasteiger partial charge in [-0.15, -0.1) is 22.7 Å². The molecular weight excluding hydrogens is 1660 g/mol. The van der Waals surface area contributed by atoms with Gasteiger partial charge in [0.15, 0.2) is 10.0 Å². The third-order valence-electron chi connectivity index (χ3n) is 16.6. The van der Waals surface area contributed by atoms with Gasteiger partial charge in [-0.3, -0.25) is 19.2 Å². The van der Waals surface area contributed by atoms with Gasteiger partial charge in [0.1, 0.15) is 6.61 Å². The van der Waals surface area contributed by atoms with Crippen LogP contribution < -0.4 is 52.4 Å². The van der Waals surface area contributed by atoms with E-state index in [1.54, 1.807) is 36.4 Å². The second kappa shape index (κ2) is 43.4. The molecule has 3 aromatic heterocycles. The molecule has 0 saturated carbocycles. The minimum Gasteiger partial charge on any atom is -0.478 e. The molecule has 0 aliphatic rings. The van der Waals surface area contributed by atoms with E-state index in [9.17, 15) is 77.9 Å². The van der Waals surface area contributed by atoms with Gasteiger partial charge in [0.2, 0.25) is 11.6 Å². The maximum atomic E-state index is 13.5. The van der Waals surface area contributed by atoms with Crippen molar-refractivity contribution in [3.8, 4) is 0 Å². The molecule has 0 bridgehead atoms. The zero-order valence-electron chi connectivity index (χ0n) is 60.0. The van der Waals surface area contributed by atoms with Crippen molar-refractivity contribution in [2.24, 2.45) is 15.6 Å². The quantitative estimate of drug-likeness (QED) is 0.00530. The second-order valence-electron chi connectivity index (χ2n) is 24.8. The summed E-state index contributed by atoms with van der Waals surface area (Å²) < 4.78 is 136. The number of nitrogens with one attached hydrogen (secondary N) is 4. The molecule has 596 valence electrons. The van der Waals surface area contributed by atoms with Gasteiger partial charge in [-0.2, -0.15) is 39.5 Å². The minimum absolute atomic E-state index is 0.0894. The molecule has 8 aromatic carbocycles. The molecule has 9 N–H and O–H groups in total. The number of halogens is 10. The summed E-state index contributed by atoms with van der Waals surface area (Å²) in [5.74, 6) is -4.44. The minimum atomic E-state index is -4.73. The van der Waals surface area contributed by atoms with Crippen LogP contribution >= 0.6 is 34.0 Å². The summed E-state index contributed by atoms with van der Waals surface area (Å²) in [6, 6.07) is 51.8. The molecule has 0 aliphatic heterocycles. The number of benzene rings is 8. The van der Waals surface area contributed by atoms with E-state index >= 15 is 0 Å². The van der Waals surface area contributed by atoms with Gasteiger partial charge >= 0.3 is 204 Å². The Hall–Kier alpha value is -10.6. The number of thiazole rings is 3. The number of para-hydroxylation sites is 3. The van der Waals surface area contributed by atoms with Gasteiger partial charge < -0.3 is 31.5 Å². The molecule has 0 unspecified atom stereocenters. The first-order chi connectivity index (χ1) is 54.1. The number of hydrogen-bond donors (Lipinski definition) is 7. The molecule has 11 aromatic rings. The number of carboxylic acids is 1. The van der Waals surface area contributed by atoms with Crippen LogP contribution in [0.2, 0.25) is 0 Å². The van der Waals surface area contributed by atoms with Crippen molar-refractivity contribution < 1.29 is 114 Å². The van der Waals surface area contributed by atoms with Gasteiger partial charge in [0.25, 0.3) is 11.8 Å². The van der Waals surface area contributed by atoms with E-state index in [1.165, 1.54) is 53.0 Å². The fourth-order valence-electron chi connectivity index (χ4n) is 11.0. The summed E-state index contributed by atoms with van der Waals surface area (Å²) in [6.07, 6.45) is -10.3. The van der Waals surface area contributed by atoms with Gasteiger partial charge in [0.05, 0.1) is 65.9 Å². The smallest absolute Gasteiger partial charge is 0.417 e. The third-order valence-corrected chi connectivity index (χ3v) is 21.4. The average molecular weight is 1730 g/mol. The average Bonchev–Trinajstić information content (AvgIpc) is 1.78. The molecule has 113 heavy (non-hydrogen) atoms. The summed E-state index contributed by atoms with van der Waals surface area (Å²) >= 11 is 3.30. The van der Waals surface area contributed by atoms with Gasteiger partial charge in [0, 0.05) is 6.54 Å². The van der Waals surface area contributed by atoms with Crippen LogP contribution in [0.25, 0.3) is 30.6 Å². The summed E-state index contributed by atoms with van der Waals surface area (Å²) in [5.41, 5.74) is 4.36. The van der Waals surface area contributed by atoms with Crippen molar-refractivity contribution in [1.29, 1.82) is 0 Å². The van der Waals surface area contributed by atoms with Crippen LogP contribution in [0.15, 0.2) is 206 Å². The molecule has 0 spiro atoms. The number of nitrogens with two attached hydrogens (primary N) is 2. The number of amides is 4. The maximum absolute atomic E-state index is 13.5. The van der Waals surface area contributed by atoms with Crippen LogP contribution in [0.4, 0.5) is 49.1 Å². The Balaban J connectivity index is 0.000000199.